The molecule has 0 aliphatic carbocycles. The average molecular weight is 194 g/mol. The van der Waals surface area contributed by atoms with Gasteiger partial charge < -0.3 is 4.90 Å². The number of hydrogen-bond acceptors (Lipinski definition) is 4. The summed E-state index contributed by atoms with van der Waals surface area (Å²) in [7, 11) is 4.07. The fraction of sp³-hybridized carbons (Fsp3) is 0.500. The number of nitrogens with two attached hydrogens (primary N) is 1. The smallest absolute Gasteiger partial charge is 0.0378 e. The number of hydrogen-bond donors (Lipinski definition) is 2. The van der Waals surface area contributed by atoms with Gasteiger partial charge in [0, 0.05) is 25.0 Å². The van der Waals surface area contributed by atoms with Gasteiger partial charge >= 0.3 is 0 Å². The van der Waals surface area contributed by atoms with E-state index in [4.69, 9.17) is 5.84 Å². The average Bonchev–Trinajstić information content (AvgIpc) is 2.17. The lowest BCUT2D eigenvalue weighted by Crippen LogP contribution is -2.43. The van der Waals surface area contributed by atoms with Crippen LogP contribution >= 0.6 is 0 Å². The molecule has 0 saturated heterocycles. The molecule has 0 saturated carbocycles. The molecule has 4 heteroatoms. The fourth-order valence-electron chi connectivity index (χ4n) is 1.42. The molecule has 0 bridgehead atoms. The van der Waals surface area contributed by atoms with Crippen LogP contribution in [0.5, 0.6) is 0 Å². The van der Waals surface area contributed by atoms with E-state index in [1.54, 1.807) is 6.20 Å². The Morgan fingerprint density at radius 1 is 1.57 bits per heavy atom. The Bertz CT molecular complexity index is 248. The Kier molecular flexibility index (Phi) is 4.52. The number of pyridine rings is 1. The standard InChI is InChI=1S/C10H18N4/c1-14(2)8-10(13-11)6-9-4-3-5-12-7-9/h3-5,7,10,13H,6,8,11H2,1-2H3. The minimum Gasteiger partial charge on any atom is -0.308 e. The molecule has 0 aromatic carbocycles. The summed E-state index contributed by atoms with van der Waals surface area (Å²) in [4.78, 5) is 6.18. The van der Waals surface area contributed by atoms with Gasteiger partial charge in [0.05, 0.1) is 0 Å². The molecule has 3 N–H and O–H groups in total. The van der Waals surface area contributed by atoms with E-state index in [0.29, 0.717) is 0 Å². The minimum atomic E-state index is 0.272. The van der Waals surface area contributed by atoms with Gasteiger partial charge in [0.2, 0.25) is 0 Å². The summed E-state index contributed by atoms with van der Waals surface area (Å²) in [6, 6.07) is 4.28. The molecule has 4 nitrogen and oxygen atoms in total. The van der Waals surface area contributed by atoms with Gasteiger partial charge in [-0.1, -0.05) is 6.07 Å². The Labute approximate surface area is 85.1 Å². The zero-order chi connectivity index (χ0) is 10.4. The first kappa shape index (κ1) is 11.1. The molecule has 0 fully saturated rings. The lowest BCUT2D eigenvalue weighted by atomic mass is 10.1. The van der Waals surface area contributed by atoms with Crippen molar-refractivity contribution in [1.29, 1.82) is 0 Å². The maximum absolute atomic E-state index is 5.47. The predicted molar refractivity (Wildman–Crippen MR) is 57.6 cm³/mol. The quantitative estimate of drug-likeness (QED) is 0.512. The van der Waals surface area contributed by atoms with Crippen molar-refractivity contribution in [2.75, 3.05) is 20.6 Å². The van der Waals surface area contributed by atoms with Crippen LogP contribution in [-0.2, 0) is 6.42 Å². The lowest BCUT2D eigenvalue weighted by Gasteiger charge is -2.19. The van der Waals surface area contributed by atoms with Crippen LogP contribution in [0.15, 0.2) is 24.5 Å². The second-order valence-electron chi connectivity index (χ2n) is 3.69. The largest absolute Gasteiger partial charge is 0.308 e. The molecule has 0 aliphatic rings. The predicted octanol–water partition coefficient (Wildman–Crippen LogP) is 0.0176. The molecular weight excluding hydrogens is 176 g/mol. The van der Waals surface area contributed by atoms with Crippen LogP contribution in [0.1, 0.15) is 5.56 Å². The Hall–Kier alpha value is -0.970. The number of nitrogens with zero attached hydrogens (tertiary/aromatic N) is 2. The van der Waals surface area contributed by atoms with Crippen LogP contribution in [0, 0.1) is 0 Å². The second kappa shape index (κ2) is 5.70. The maximum Gasteiger partial charge on any atom is 0.0378 e. The van der Waals surface area contributed by atoms with E-state index in [-0.39, 0.29) is 6.04 Å². The third-order valence-electron chi connectivity index (χ3n) is 2.03. The summed E-state index contributed by atoms with van der Waals surface area (Å²) in [6.45, 7) is 0.922. The molecule has 1 atom stereocenters. The van der Waals surface area contributed by atoms with Crippen molar-refractivity contribution in [2.45, 2.75) is 12.5 Å². The van der Waals surface area contributed by atoms with Crippen LogP contribution in [0.25, 0.3) is 0 Å². The van der Waals surface area contributed by atoms with E-state index in [1.165, 1.54) is 5.56 Å². The first-order chi connectivity index (χ1) is 6.72. The van der Waals surface area contributed by atoms with Gasteiger partial charge in [-0.15, -0.1) is 0 Å². The Morgan fingerprint density at radius 3 is 2.86 bits per heavy atom. The van der Waals surface area contributed by atoms with Gasteiger partial charge in [-0.3, -0.25) is 16.3 Å². The monoisotopic (exact) mass is 194 g/mol. The molecule has 1 aromatic rings. The zero-order valence-corrected chi connectivity index (χ0v) is 8.77. The molecule has 1 heterocycles. The third kappa shape index (κ3) is 3.83. The van der Waals surface area contributed by atoms with Crippen LogP contribution in [0.4, 0.5) is 0 Å². The molecule has 78 valence electrons. The van der Waals surface area contributed by atoms with Gasteiger partial charge in [0.15, 0.2) is 0 Å². The number of likely N-dealkylation sites (N-methyl/N-ethyl adjacent to an activating group) is 1. The molecule has 0 radical (unpaired) electrons. The maximum atomic E-state index is 5.47. The first-order valence-corrected chi connectivity index (χ1v) is 4.72. The van der Waals surface area contributed by atoms with Crippen molar-refractivity contribution >= 4 is 0 Å². The molecule has 14 heavy (non-hydrogen) atoms. The van der Waals surface area contributed by atoms with Crippen molar-refractivity contribution < 1.29 is 0 Å². The summed E-state index contributed by atoms with van der Waals surface area (Å²) < 4.78 is 0. The highest BCUT2D eigenvalue weighted by atomic mass is 15.3. The third-order valence-corrected chi connectivity index (χ3v) is 2.03. The minimum absolute atomic E-state index is 0.272. The van der Waals surface area contributed by atoms with Crippen LogP contribution in [-0.4, -0.2) is 36.6 Å². The van der Waals surface area contributed by atoms with E-state index in [9.17, 15) is 0 Å². The summed E-state index contributed by atoms with van der Waals surface area (Å²) in [5.74, 6) is 5.47. The fourth-order valence-corrected chi connectivity index (χ4v) is 1.42. The van der Waals surface area contributed by atoms with E-state index in [1.807, 2.05) is 26.4 Å². The number of aromatic nitrogens is 1. The van der Waals surface area contributed by atoms with Crippen LogP contribution < -0.4 is 11.3 Å². The number of rotatable bonds is 5. The Morgan fingerprint density at radius 2 is 2.36 bits per heavy atom. The SMILES string of the molecule is CN(C)CC(Cc1cccnc1)NN. The molecule has 0 amide bonds. The van der Waals surface area contributed by atoms with Crippen molar-refractivity contribution in [3.05, 3.63) is 30.1 Å². The van der Waals surface area contributed by atoms with Crippen molar-refractivity contribution in [3.63, 3.8) is 0 Å². The van der Waals surface area contributed by atoms with Gasteiger partial charge in [-0.25, -0.2) is 0 Å². The topological polar surface area (TPSA) is 54.2 Å². The van der Waals surface area contributed by atoms with Gasteiger partial charge in [-0.2, -0.15) is 0 Å². The van der Waals surface area contributed by atoms with E-state index >= 15 is 0 Å². The summed E-state index contributed by atoms with van der Waals surface area (Å²) >= 11 is 0. The van der Waals surface area contributed by atoms with E-state index < -0.39 is 0 Å². The molecule has 1 aromatic heterocycles. The second-order valence-corrected chi connectivity index (χ2v) is 3.69. The van der Waals surface area contributed by atoms with Gasteiger partial charge in [-0.05, 0) is 32.1 Å². The highest BCUT2D eigenvalue weighted by molar-refractivity contribution is 5.10. The zero-order valence-electron chi connectivity index (χ0n) is 8.77. The Balaban J connectivity index is 2.48. The molecule has 1 rings (SSSR count). The number of hydrazine groups is 1. The molecular formula is C10H18N4. The molecule has 1 unspecified atom stereocenters. The summed E-state index contributed by atoms with van der Waals surface area (Å²) in [5, 5.41) is 0. The van der Waals surface area contributed by atoms with Gasteiger partial charge in [0.1, 0.15) is 0 Å². The molecule has 0 aliphatic heterocycles. The highest BCUT2D eigenvalue weighted by Crippen LogP contribution is 2.01. The van der Waals surface area contributed by atoms with Crippen molar-refractivity contribution in [1.82, 2.24) is 15.3 Å². The van der Waals surface area contributed by atoms with E-state index in [2.05, 4.69) is 21.4 Å². The number of nitrogens with one attached hydrogen (secondary N) is 1. The van der Waals surface area contributed by atoms with Crippen LogP contribution in [0.3, 0.4) is 0 Å². The highest BCUT2D eigenvalue weighted by Gasteiger charge is 2.08. The molecule has 0 spiro atoms. The lowest BCUT2D eigenvalue weighted by molar-refractivity contribution is 0.338. The van der Waals surface area contributed by atoms with Gasteiger partial charge in [0.25, 0.3) is 0 Å². The van der Waals surface area contributed by atoms with Crippen molar-refractivity contribution in [2.24, 2.45) is 5.84 Å². The summed E-state index contributed by atoms with van der Waals surface area (Å²) in [5.41, 5.74) is 4.02. The van der Waals surface area contributed by atoms with Crippen LogP contribution in [0.2, 0.25) is 0 Å². The normalized spacial score (nSPS) is 13.1. The summed E-state index contributed by atoms with van der Waals surface area (Å²) in [6.07, 6.45) is 4.56. The van der Waals surface area contributed by atoms with Crippen molar-refractivity contribution in [3.8, 4) is 0 Å². The van der Waals surface area contributed by atoms with E-state index in [0.717, 1.165) is 13.0 Å². The first-order valence-electron chi connectivity index (χ1n) is 4.72.